The molecule has 0 unspecified atom stereocenters. The van der Waals surface area contributed by atoms with Gasteiger partial charge in [0.25, 0.3) is 0 Å². The number of nitrogens with two attached hydrogens (primary N) is 1. The highest BCUT2D eigenvalue weighted by Crippen LogP contribution is 2.22. The maximum absolute atomic E-state index is 10.4. The highest BCUT2D eigenvalue weighted by molar-refractivity contribution is 5.73. The van der Waals surface area contributed by atoms with Gasteiger partial charge in [0.05, 0.1) is 6.10 Å². The van der Waals surface area contributed by atoms with Gasteiger partial charge < -0.3 is 15.8 Å². The van der Waals surface area contributed by atoms with Crippen molar-refractivity contribution in [3.63, 3.8) is 0 Å². The largest absolute Gasteiger partial charge is 0.381 e. The Kier molecular flexibility index (Phi) is 4.18. The van der Waals surface area contributed by atoms with Gasteiger partial charge in [0.1, 0.15) is 0 Å². The van der Waals surface area contributed by atoms with Crippen LogP contribution in [0.25, 0.3) is 0 Å². The van der Waals surface area contributed by atoms with E-state index in [1.54, 1.807) is 7.11 Å². The van der Waals surface area contributed by atoms with Crippen LogP contribution in [0, 0.1) is 0 Å². The molecule has 0 aromatic rings. The molecule has 0 aromatic carbocycles. The van der Waals surface area contributed by atoms with Crippen LogP contribution in [0.5, 0.6) is 0 Å². The molecule has 4 heteroatoms. The molecule has 0 bridgehead atoms. The fourth-order valence-corrected chi connectivity index (χ4v) is 1.49. The molecule has 3 N–H and O–H groups in total. The zero-order valence-corrected chi connectivity index (χ0v) is 8.08. The average molecular weight is 186 g/mol. The van der Waals surface area contributed by atoms with E-state index in [9.17, 15) is 4.79 Å². The molecular weight excluding hydrogens is 168 g/mol. The van der Waals surface area contributed by atoms with Crippen LogP contribution in [0.1, 0.15) is 25.7 Å². The maximum atomic E-state index is 10.4. The summed E-state index contributed by atoms with van der Waals surface area (Å²) >= 11 is 0. The molecule has 76 valence electrons. The van der Waals surface area contributed by atoms with Gasteiger partial charge >= 0.3 is 0 Å². The summed E-state index contributed by atoms with van der Waals surface area (Å²) < 4.78 is 5.15. The van der Waals surface area contributed by atoms with Gasteiger partial charge in [-0.3, -0.25) is 4.79 Å². The van der Waals surface area contributed by atoms with Crippen molar-refractivity contribution in [2.75, 3.05) is 13.7 Å². The third-order valence-electron chi connectivity index (χ3n) is 2.46. The van der Waals surface area contributed by atoms with E-state index in [1.807, 2.05) is 0 Å². The number of hydrogen-bond acceptors (Lipinski definition) is 3. The SMILES string of the molecule is COC1CC(NCCCC(N)=O)C1. The van der Waals surface area contributed by atoms with Crippen molar-refractivity contribution in [3.8, 4) is 0 Å². The van der Waals surface area contributed by atoms with E-state index in [1.165, 1.54) is 0 Å². The Morgan fingerprint density at radius 1 is 1.62 bits per heavy atom. The first-order chi connectivity index (χ1) is 6.22. The summed E-state index contributed by atoms with van der Waals surface area (Å²) in [6.45, 7) is 0.879. The van der Waals surface area contributed by atoms with Crippen LogP contribution in [-0.2, 0) is 9.53 Å². The van der Waals surface area contributed by atoms with Crippen LogP contribution < -0.4 is 11.1 Å². The Morgan fingerprint density at radius 2 is 2.31 bits per heavy atom. The fourth-order valence-electron chi connectivity index (χ4n) is 1.49. The maximum Gasteiger partial charge on any atom is 0.217 e. The normalized spacial score (nSPS) is 26.8. The van der Waals surface area contributed by atoms with Gasteiger partial charge in [-0.15, -0.1) is 0 Å². The van der Waals surface area contributed by atoms with Crippen molar-refractivity contribution < 1.29 is 9.53 Å². The second kappa shape index (κ2) is 5.19. The average Bonchev–Trinajstić information content (AvgIpc) is 2.00. The van der Waals surface area contributed by atoms with E-state index in [-0.39, 0.29) is 5.91 Å². The van der Waals surface area contributed by atoms with Crippen LogP contribution in [0.15, 0.2) is 0 Å². The van der Waals surface area contributed by atoms with Crippen molar-refractivity contribution >= 4 is 5.91 Å². The fraction of sp³-hybridized carbons (Fsp3) is 0.889. The Balaban J connectivity index is 1.88. The summed E-state index contributed by atoms with van der Waals surface area (Å²) in [6, 6.07) is 0.581. The van der Waals surface area contributed by atoms with Crippen molar-refractivity contribution in [1.82, 2.24) is 5.32 Å². The van der Waals surface area contributed by atoms with Crippen LogP contribution in [0.2, 0.25) is 0 Å². The molecule has 13 heavy (non-hydrogen) atoms. The second-order valence-electron chi connectivity index (χ2n) is 3.55. The topological polar surface area (TPSA) is 64.3 Å². The second-order valence-corrected chi connectivity index (χ2v) is 3.55. The van der Waals surface area contributed by atoms with Gasteiger partial charge in [0.15, 0.2) is 0 Å². The Labute approximate surface area is 78.8 Å². The summed E-state index contributed by atoms with van der Waals surface area (Å²) in [5, 5.41) is 3.35. The van der Waals surface area contributed by atoms with Crippen LogP contribution >= 0.6 is 0 Å². The molecule has 1 saturated carbocycles. The van der Waals surface area contributed by atoms with Gasteiger partial charge in [-0.25, -0.2) is 0 Å². The van der Waals surface area contributed by atoms with Crippen LogP contribution in [0.3, 0.4) is 0 Å². The molecule has 1 aliphatic carbocycles. The monoisotopic (exact) mass is 186 g/mol. The number of nitrogens with one attached hydrogen (secondary N) is 1. The minimum atomic E-state index is -0.217. The molecule has 0 aromatic heterocycles. The van der Waals surface area contributed by atoms with E-state index >= 15 is 0 Å². The predicted molar refractivity (Wildman–Crippen MR) is 50.3 cm³/mol. The van der Waals surface area contributed by atoms with Crippen LogP contribution in [-0.4, -0.2) is 31.7 Å². The third-order valence-corrected chi connectivity index (χ3v) is 2.46. The van der Waals surface area contributed by atoms with Crippen LogP contribution in [0.4, 0.5) is 0 Å². The first-order valence-corrected chi connectivity index (χ1v) is 4.77. The molecule has 0 saturated heterocycles. The summed E-state index contributed by atoms with van der Waals surface area (Å²) in [6.07, 6.45) is 3.94. The zero-order chi connectivity index (χ0) is 9.68. The zero-order valence-electron chi connectivity index (χ0n) is 8.08. The first-order valence-electron chi connectivity index (χ1n) is 4.77. The number of carbonyl (C=O) groups is 1. The smallest absolute Gasteiger partial charge is 0.217 e. The molecule has 0 atom stereocenters. The molecule has 0 spiro atoms. The third kappa shape index (κ3) is 3.74. The van der Waals surface area contributed by atoms with Gasteiger partial charge in [0, 0.05) is 19.6 Å². The van der Waals surface area contributed by atoms with Crippen molar-refractivity contribution in [1.29, 1.82) is 0 Å². The molecule has 4 nitrogen and oxygen atoms in total. The minimum absolute atomic E-state index is 0.217. The highest BCUT2D eigenvalue weighted by atomic mass is 16.5. The molecule has 0 radical (unpaired) electrons. The Morgan fingerprint density at radius 3 is 2.85 bits per heavy atom. The van der Waals surface area contributed by atoms with Gasteiger partial charge in [0.2, 0.25) is 5.91 Å². The standard InChI is InChI=1S/C9H18N2O2/c1-13-8-5-7(6-8)11-4-2-3-9(10)12/h7-8,11H,2-6H2,1H3,(H2,10,12). The van der Waals surface area contributed by atoms with Crippen molar-refractivity contribution in [2.24, 2.45) is 5.73 Å². The number of hydrogen-bond donors (Lipinski definition) is 2. The summed E-state index contributed by atoms with van der Waals surface area (Å²) in [5.41, 5.74) is 5.01. The molecule has 1 amide bonds. The van der Waals surface area contributed by atoms with E-state index in [4.69, 9.17) is 10.5 Å². The molecule has 1 fully saturated rings. The first kappa shape index (κ1) is 10.5. The lowest BCUT2D eigenvalue weighted by Crippen LogP contribution is -2.45. The molecular formula is C9H18N2O2. The minimum Gasteiger partial charge on any atom is -0.381 e. The predicted octanol–water partition coefficient (Wildman–Crippen LogP) is 0.0189. The summed E-state index contributed by atoms with van der Waals surface area (Å²) in [7, 11) is 1.74. The number of methoxy groups -OCH3 is 1. The van der Waals surface area contributed by atoms with Gasteiger partial charge in [-0.05, 0) is 25.8 Å². The number of amides is 1. The lowest BCUT2D eigenvalue weighted by Gasteiger charge is -2.34. The number of ether oxygens (including phenoxy) is 1. The van der Waals surface area contributed by atoms with E-state index in [0.717, 1.165) is 25.8 Å². The molecule has 0 aliphatic heterocycles. The number of carbonyl (C=O) groups excluding carboxylic acids is 1. The van der Waals surface area contributed by atoms with E-state index < -0.39 is 0 Å². The van der Waals surface area contributed by atoms with E-state index in [0.29, 0.717) is 18.6 Å². The molecule has 1 rings (SSSR count). The highest BCUT2D eigenvalue weighted by Gasteiger charge is 2.27. The van der Waals surface area contributed by atoms with E-state index in [2.05, 4.69) is 5.32 Å². The van der Waals surface area contributed by atoms with Crippen molar-refractivity contribution in [2.45, 2.75) is 37.8 Å². The Hall–Kier alpha value is -0.610. The molecule has 1 aliphatic rings. The van der Waals surface area contributed by atoms with Crippen molar-refractivity contribution in [3.05, 3.63) is 0 Å². The quantitative estimate of drug-likeness (QED) is 0.575. The lowest BCUT2D eigenvalue weighted by molar-refractivity contribution is -0.118. The van der Waals surface area contributed by atoms with Gasteiger partial charge in [-0.2, -0.15) is 0 Å². The lowest BCUT2D eigenvalue weighted by atomic mass is 9.89. The summed E-state index contributed by atoms with van der Waals surface area (Å²) in [5.74, 6) is -0.217. The molecule has 0 heterocycles. The van der Waals surface area contributed by atoms with Gasteiger partial charge in [-0.1, -0.05) is 0 Å². The summed E-state index contributed by atoms with van der Waals surface area (Å²) in [4.78, 5) is 10.4. The Bertz CT molecular complexity index is 167. The number of primary amides is 1. The number of rotatable bonds is 6.